The second-order valence-corrected chi connectivity index (χ2v) is 6.29. The first-order valence-electron chi connectivity index (χ1n) is 7.87. The lowest BCUT2D eigenvalue weighted by molar-refractivity contribution is -0.149. The molecule has 0 unspecified atom stereocenters. The fourth-order valence-electron chi connectivity index (χ4n) is 2.48. The molecule has 0 atom stereocenters. The van der Waals surface area contributed by atoms with E-state index in [4.69, 9.17) is 9.47 Å². The normalized spacial score (nSPS) is 11.3. The molecule has 2 N–H and O–H groups in total. The summed E-state index contributed by atoms with van der Waals surface area (Å²) in [6.07, 6.45) is 1.20. The van der Waals surface area contributed by atoms with Gasteiger partial charge in [-0.25, -0.2) is 0 Å². The second kappa shape index (κ2) is 9.13. The Balaban J connectivity index is 2.82. The molecule has 0 aliphatic rings. The van der Waals surface area contributed by atoms with E-state index in [1.54, 1.807) is 7.11 Å². The lowest BCUT2D eigenvalue weighted by atomic mass is 9.82. The molecule has 1 aromatic rings. The van der Waals surface area contributed by atoms with Crippen LogP contribution in [0.3, 0.4) is 0 Å². The Morgan fingerprint density at radius 2 is 1.96 bits per heavy atom. The zero-order valence-electron chi connectivity index (χ0n) is 14.2. The molecule has 0 fully saturated rings. The maximum atomic E-state index is 11.5. The van der Waals surface area contributed by atoms with Crippen molar-refractivity contribution in [2.75, 3.05) is 20.3 Å². The maximum absolute atomic E-state index is 11.5. The van der Waals surface area contributed by atoms with Gasteiger partial charge in [0.15, 0.2) is 11.5 Å². The third-order valence-electron chi connectivity index (χ3n) is 4.18. The standard InChI is InChI=1S/C17H26BrNO4/c1-5-17(6-2,16(20)21)11-19-10-12-8-13(18)15(23-7-3)14(9-12)22-4/h8-9,19H,5-7,10-11H2,1-4H3,(H,20,21). The van der Waals surface area contributed by atoms with Gasteiger partial charge in [-0.15, -0.1) is 0 Å². The molecule has 0 radical (unpaired) electrons. The van der Waals surface area contributed by atoms with Crippen molar-refractivity contribution in [3.63, 3.8) is 0 Å². The SMILES string of the molecule is CCOc1c(Br)cc(CNCC(CC)(CC)C(=O)O)cc1OC. The van der Waals surface area contributed by atoms with Gasteiger partial charge in [0.2, 0.25) is 0 Å². The van der Waals surface area contributed by atoms with E-state index in [1.807, 2.05) is 32.9 Å². The van der Waals surface area contributed by atoms with Gasteiger partial charge >= 0.3 is 5.97 Å². The van der Waals surface area contributed by atoms with E-state index in [9.17, 15) is 9.90 Å². The molecular formula is C17H26BrNO4. The van der Waals surface area contributed by atoms with Gasteiger partial charge in [0.05, 0.1) is 23.6 Å². The minimum absolute atomic E-state index is 0.433. The Kier molecular flexibility index (Phi) is 7.85. The van der Waals surface area contributed by atoms with E-state index in [2.05, 4.69) is 21.2 Å². The predicted molar refractivity (Wildman–Crippen MR) is 94.2 cm³/mol. The number of carbonyl (C=O) groups is 1. The van der Waals surface area contributed by atoms with Crippen molar-refractivity contribution < 1.29 is 19.4 Å². The van der Waals surface area contributed by atoms with Crippen molar-refractivity contribution >= 4 is 21.9 Å². The average molecular weight is 388 g/mol. The summed E-state index contributed by atoms with van der Waals surface area (Å²) in [7, 11) is 1.60. The fourth-order valence-corrected chi connectivity index (χ4v) is 3.09. The second-order valence-electron chi connectivity index (χ2n) is 5.44. The van der Waals surface area contributed by atoms with Gasteiger partial charge in [0, 0.05) is 13.1 Å². The summed E-state index contributed by atoms with van der Waals surface area (Å²) in [6.45, 7) is 7.30. The Labute approximate surface area is 146 Å². The zero-order chi connectivity index (χ0) is 17.5. The lowest BCUT2D eigenvalue weighted by Crippen LogP contribution is -2.40. The first kappa shape index (κ1) is 19.8. The van der Waals surface area contributed by atoms with Crippen LogP contribution in [0.4, 0.5) is 0 Å². The zero-order valence-corrected chi connectivity index (χ0v) is 15.8. The van der Waals surface area contributed by atoms with Gasteiger partial charge in [-0.3, -0.25) is 4.79 Å². The number of hydrogen-bond donors (Lipinski definition) is 2. The van der Waals surface area contributed by atoms with Crippen molar-refractivity contribution in [2.24, 2.45) is 5.41 Å². The third kappa shape index (κ3) is 4.85. The quantitative estimate of drug-likeness (QED) is 0.638. The summed E-state index contributed by atoms with van der Waals surface area (Å²) in [5.74, 6) is 0.592. The first-order valence-corrected chi connectivity index (χ1v) is 8.66. The molecule has 0 spiro atoms. The highest BCUT2D eigenvalue weighted by atomic mass is 79.9. The molecule has 0 heterocycles. The molecule has 0 bridgehead atoms. The molecule has 1 aromatic carbocycles. The topological polar surface area (TPSA) is 67.8 Å². The third-order valence-corrected chi connectivity index (χ3v) is 4.77. The molecule has 0 aromatic heterocycles. The molecular weight excluding hydrogens is 362 g/mol. The molecule has 0 aliphatic heterocycles. The van der Waals surface area contributed by atoms with Crippen LogP contribution >= 0.6 is 15.9 Å². The smallest absolute Gasteiger partial charge is 0.310 e. The van der Waals surface area contributed by atoms with Gasteiger partial charge in [-0.2, -0.15) is 0 Å². The molecule has 6 heteroatoms. The number of carboxylic acid groups (broad SMARTS) is 1. The van der Waals surface area contributed by atoms with Crippen LogP contribution in [0.25, 0.3) is 0 Å². The number of hydrogen-bond acceptors (Lipinski definition) is 4. The molecule has 0 amide bonds. The van der Waals surface area contributed by atoms with Crippen LogP contribution in [0, 0.1) is 5.41 Å². The van der Waals surface area contributed by atoms with Gasteiger partial charge in [-0.05, 0) is 53.4 Å². The van der Waals surface area contributed by atoms with Gasteiger partial charge in [-0.1, -0.05) is 13.8 Å². The number of rotatable bonds is 10. The van der Waals surface area contributed by atoms with Crippen molar-refractivity contribution in [2.45, 2.75) is 40.2 Å². The Morgan fingerprint density at radius 3 is 2.43 bits per heavy atom. The minimum Gasteiger partial charge on any atom is -0.493 e. The monoisotopic (exact) mass is 387 g/mol. The number of halogens is 1. The largest absolute Gasteiger partial charge is 0.493 e. The van der Waals surface area contributed by atoms with Crippen LogP contribution in [0.15, 0.2) is 16.6 Å². The number of aliphatic carboxylic acids is 1. The number of methoxy groups -OCH3 is 1. The summed E-state index contributed by atoms with van der Waals surface area (Å²) in [5, 5.41) is 12.7. The number of carboxylic acids is 1. The average Bonchev–Trinajstić information content (AvgIpc) is 2.53. The Bertz CT molecular complexity index is 530. The van der Waals surface area contributed by atoms with Gasteiger partial charge in [0.1, 0.15) is 0 Å². The minimum atomic E-state index is -0.750. The first-order chi connectivity index (χ1) is 10.9. The van der Waals surface area contributed by atoms with Crippen LogP contribution in [0.5, 0.6) is 11.5 Å². The molecule has 23 heavy (non-hydrogen) atoms. The maximum Gasteiger partial charge on any atom is 0.310 e. The van der Waals surface area contributed by atoms with Crippen LogP contribution in [0.2, 0.25) is 0 Å². The van der Waals surface area contributed by atoms with Gasteiger partial charge in [0.25, 0.3) is 0 Å². The van der Waals surface area contributed by atoms with Crippen LogP contribution in [-0.2, 0) is 11.3 Å². The van der Waals surface area contributed by atoms with Crippen LogP contribution in [0.1, 0.15) is 39.2 Å². The Hall–Kier alpha value is -1.27. The van der Waals surface area contributed by atoms with Crippen molar-refractivity contribution in [1.82, 2.24) is 5.32 Å². The number of ether oxygens (including phenoxy) is 2. The highest BCUT2D eigenvalue weighted by Crippen LogP contribution is 2.36. The van der Waals surface area contributed by atoms with Gasteiger partial charge < -0.3 is 19.9 Å². The summed E-state index contributed by atoms with van der Waals surface area (Å²) in [6, 6.07) is 3.87. The van der Waals surface area contributed by atoms with Crippen LogP contribution < -0.4 is 14.8 Å². The fraction of sp³-hybridized carbons (Fsp3) is 0.588. The highest BCUT2D eigenvalue weighted by Gasteiger charge is 2.34. The van der Waals surface area contributed by atoms with E-state index >= 15 is 0 Å². The van der Waals surface area contributed by atoms with E-state index in [0.717, 1.165) is 10.0 Å². The molecule has 0 saturated carbocycles. The molecule has 0 saturated heterocycles. The predicted octanol–water partition coefficient (Wildman–Crippen LogP) is 3.84. The lowest BCUT2D eigenvalue weighted by Gasteiger charge is -2.27. The van der Waals surface area contributed by atoms with E-state index < -0.39 is 11.4 Å². The van der Waals surface area contributed by atoms with Crippen molar-refractivity contribution in [1.29, 1.82) is 0 Å². The molecule has 130 valence electrons. The summed E-state index contributed by atoms with van der Waals surface area (Å²) < 4.78 is 11.8. The van der Waals surface area contributed by atoms with Crippen molar-refractivity contribution in [3.05, 3.63) is 22.2 Å². The summed E-state index contributed by atoms with van der Waals surface area (Å²) >= 11 is 3.49. The van der Waals surface area contributed by atoms with E-state index in [1.165, 1.54) is 0 Å². The molecule has 5 nitrogen and oxygen atoms in total. The highest BCUT2D eigenvalue weighted by molar-refractivity contribution is 9.10. The number of nitrogens with one attached hydrogen (secondary N) is 1. The Morgan fingerprint density at radius 1 is 1.30 bits per heavy atom. The summed E-state index contributed by atoms with van der Waals surface area (Å²) in [5.41, 5.74) is 0.288. The van der Waals surface area contributed by atoms with E-state index in [0.29, 0.717) is 44.0 Å². The number of benzene rings is 1. The van der Waals surface area contributed by atoms with E-state index in [-0.39, 0.29) is 0 Å². The molecule has 0 aliphatic carbocycles. The van der Waals surface area contributed by atoms with Crippen molar-refractivity contribution in [3.8, 4) is 11.5 Å². The molecule has 1 rings (SSSR count). The summed E-state index contributed by atoms with van der Waals surface area (Å²) in [4.78, 5) is 11.5. The van der Waals surface area contributed by atoms with Crippen LogP contribution in [-0.4, -0.2) is 31.3 Å².